The number of hydrogen-bond donors (Lipinski definition) is 2. The Kier molecular flexibility index (Phi) is 8.10. The zero-order valence-corrected chi connectivity index (χ0v) is 20.9. The monoisotopic (exact) mass is 466 g/mol. The molecule has 0 aliphatic heterocycles. The van der Waals surface area contributed by atoms with Crippen molar-refractivity contribution in [3.8, 4) is 0 Å². The smallest absolute Gasteiger partial charge is 0.0726 e. The van der Waals surface area contributed by atoms with Crippen molar-refractivity contribution in [1.82, 2.24) is 9.97 Å². The van der Waals surface area contributed by atoms with E-state index in [1.54, 1.807) is 0 Å². The molecule has 0 amide bonds. The maximum atomic E-state index is 4.96. The van der Waals surface area contributed by atoms with Gasteiger partial charge in [0.2, 0.25) is 0 Å². The Labute approximate surface area is 209 Å². The average molecular weight is 467 g/mol. The van der Waals surface area contributed by atoms with E-state index in [1.807, 2.05) is 12.3 Å². The van der Waals surface area contributed by atoms with Crippen LogP contribution in [0.2, 0.25) is 0 Å². The molecule has 4 nitrogen and oxygen atoms in total. The van der Waals surface area contributed by atoms with Crippen molar-refractivity contribution >= 4 is 33.2 Å². The second-order valence-corrected chi connectivity index (χ2v) is 9.84. The van der Waals surface area contributed by atoms with Crippen LogP contribution < -0.4 is 10.6 Å². The highest BCUT2D eigenvalue weighted by atomic mass is 14.9. The third kappa shape index (κ3) is 5.93. The van der Waals surface area contributed by atoms with E-state index in [1.165, 1.54) is 97.6 Å². The lowest BCUT2D eigenvalue weighted by molar-refractivity contribution is 0.591. The number of unbranched alkanes of at least 4 members (excludes halogenated alkanes) is 6. The molecule has 0 saturated heterocycles. The molecular formula is C31H38N4. The van der Waals surface area contributed by atoms with E-state index in [2.05, 4.69) is 64.1 Å². The van der Waals surface area contributed by atoms with Crippen molar-refractivity contribution in [3.63, 3.8) is 0 Å². The zero-order valence-electron chi connectivity index (χ0n) is 20.9. The Balaban J connectivity index is 0.982. The van der Waals surface area contributed by atoms with Crippen LogP contribution in [0.15, 0.2) is 60.8 Å². The minimum absolute atomic E-state index is 1.03. The Hall–Kier alpha value is -3.14. The van der Waals surface area contributed by atoms with Gasteiger partial charge in [0.1, 0.15) is 0 Å². The van der Waals surface area contributed by atoms with Crippen molar-refractivity contribution < 1.29 is 0 Å². The van der Waals surface area contributed by atoms with E-state index < -0.39 is 0 Å². The summed E-state index contributed by atoms with van der Waals surface area (Å²) in [6.07, 6.45) is 15.8. The minimum Gasteiger partial charge on any atom is -0.384 e. The molecule has 0 unspecified atom stereocenters. The third-order valence-electron chi connectivity index (χ3n) is 7.29. The molecule has 182 valence electrons. The molecule has 2 N–H and O–H groups in total. The summed E-state index contributed by atoms with van der Waals surface area (Å²) in [5, 5.41) is 9.92. The third-order valence-corrected chi connectivity index (χ3v) is 7.29. The van der Waals surface area contributed by atoms with Gasteiger partial charge in [0.25, 0.3) is 0 Å². The van der Waals surface area contributed by atoms with Gasteiger partial charge in [-0.05, 0) is 62.3 Å². The number of benzene rings is 2. The predicted molar refractivity (Wildman–Crippen MR) is 149 cm³/mol. The zero-order chi connectivity index (χ0) is 23.7. The summed E-state index contributed by atoms with van der Waals surface area (Å²) in [4.78, 5) is 9.40. The lowest BCUT2D eigenvalue weighted by atomic mass is 9.92. The first-order chi connectivity index (χ1) is 17.4. The first-order valence-corrected chi connectivity index (χ1v) is 13.6. The van der Waals surface area contributed by atoms with Crippen LogP contribution in [0.4, 0.5) is 11.4 Å². The van der Waals surface area contributed by atoms with Gasteiger partial charge in [0.05, 0.1) is 11.0 Å². The van der Waals surface area contributed by atoms with Gasteiger partial charge in [0, 0.05) is 47.1 Å². The topological polar surface area (TPSA) is 49.8 Å². The number of rotatable bonds is 12. The quantitative estimate of drug-likeness (QED) is 0.208. The molecule has 5 rings (SSSR count). The summed E-state index contributed by atoms with van der Waals surface area (Å²) in [5.41, 5.74) is 7.56. The summed E-state index contributed by atoms with van der Waals surface area (Å²) >= 11 is 0. The van der Waals surface area contributed by atoms with Crippen molar-refractivity contribution in [1.29, 1.82) is 0 Å². The SMILES string of the molecule is c1ccc2c(NCCCCCCCCCNc3c4c(nc5ccccc35)CCCC4)ccnc2c1. The van der Waals surface area contributed by atoms with Gasteiger partial charge in [-0.25, -0.2) is 0 Å². The Morgan fingerprint density at radius 3 is 2.11 bits per heavy atom. The van der Waals surface area contributed by atoms with Crippen molar-refractivity contribution in [2.24, 2.45) is 0 Å². The van der Waals surface area contributed by atoms with E-state index in [0.717, 1.165) is 30.5 Å². The Bertz CT molecular complexity index is 1240. The highest BCUT2D eigenvalue weighted by Gasteiger charge is 2.17. The average Bonchev–Trinajstić information content (AvgIpc) is 2.91. The standard InChI is InChI=1S/C31H38N4/c1(2-4-12-21-32-28-20-23-33-27-17-9-6-14-24(27)28)3-5-13-22-34-31-25-15-7-10-18-29(25)35-30-19-11-8-16-26(30)31/h6-7,9-10,14-15,17-18,20,23H,1-5,8,11-13,16,19,21-22H2,(H,32,33)(H,34,35). The molecule has 4 heteroatoms. The first-order valence-electron chi connectivity index (χ1n) is 13.6. The van der Waals surface area contributed by atoms with Crippen LogP contribution in [-0.4, -0.2) is 23.1 Å². The number of anilines is 2. The number of aryl methyl sites for hydroxylation is 1. The van der Waals surface area contributed by atoms with Gasteiger partial charge in [-0.1, -0.05) is 68.5 Å². The Morgan fingerprint density at radius 1 is 0.629 bits per heavy atom. The molecule has 2 aromatic carbocycles. The molecule has 0 bridgehead atoms. The van der Waals surface area contributed by atoms with Gasteiger partial charge in [-0.2, -0.15) is 0 Å². The molecule has 1 aliphatic rings. The van der Waals surface area contributed by atoms with Gasteiger partial charge in [0.15, 0.2) is 0 Å². The summed E-state index contributed by atoms with van der Waals surface area (Å²) in [6.45, 7) is 2.09. The number of para-hydroxylation sites is 2. The largest absolute Gasteiger partial charge is 0.384 e. The molecule has 0 atom stereocenters. The minimum atomic E-state index is 1.03. The highest BCUT2D eigenvalue weighted by molar-refractivity contribution is 5.93. The van der Waals surface area contributed by atoms with Crippen LogP contribution in [-0.2, 0) is 12.8 Å². The fraction of sp³-hybridized carbons (Fsp3) is 0.419. The van der Waals surface area contributed by atoms with Gasteiger partial charge in [-0.15, -0.1) is 0 Å². The number of hydrogen-bond acceptors (Lipinski definition) is 4. The summed E-state index contributed by atoms with van der Waals surface area (Å²) in [6, 6.07) is 19.1. The molecule has 0 radical (unpaired) electrons. The fourth-order valence-electron chi connectivity index (χ4n) is 5.39. The molecule has 1 aliphatic carbocycles. The van der Waals surface area contributed by atoms with E-state index in [4.69, 9.17) is 4.98 Å². The number of pyridine rings is 2. The van der Waals surface area contributed by atoms with E-state index in [9.17, 15) is 0 Å². The molecule has 0 saturated carbocycles. The van der Waals surface area contributed by atoms with Gasteiger partial charge < -0.3 is 10.6 Å². The van der Waals surface area contributed by atoms with Crippen molar-refractivity contribution in [3.05, 3.63) is 72.1 Å². The molecule has 0 fully saturated rings. The van der Waals surface area contributed by atoms with Crippen molar-refractivity contribution in [2.45, 2.75) is 70.6 Å². The van der Waals surface area contributed by atoms with E-state index >= 15 is 0 Å². The number of nitrogens with zero attached hydrogens (tertiary/aromatic N) is 2. The van der Waals surface area contributed by atoms with Gasteiger partial charge in [-0.3, -0.25) is 9.97 Å². The number of nitrogens with one attached hydrogen (secondary N) is 2. The molecule has 0 spiro atoms. The summed E-state index contributed by atoms with van der Waals surface area (Å²) < 4.78 is 0. The summed E-state index contributed by atoms with van der Waals surface area (Å²) in [5.74, 6) is 0. The maximum absolute atomic E-state index is 4.96. The second kappa shape index (κ2) is 12.0. The molecular weight excluding hydrogens is 428 g/mol. The number of fused-ring (bicyclic) bond motifs is 3. The van der Waals surface area contributed by atoms with E-state index in [-0.39, 0.29) is 0 Å². The number of aromatic nitrogens is 2. The molecule has 4 aromatic rings. The predicted octanol–water partition coefficient (Wildman–Crippen LogP) is 7.92. The summed E-state index contributed by atoms with van der Waals surface area (Å²) in [7, 11) is 0. The van der Waals surface area contributed by atoms with Crippen LogP contribution in [0, 0.1) is 0 Å². The Morgan fingerprint density at radius 2 is 1.29 bits per heavy atom. The van der Waals surface area contributed by atoms with Crippen LogP contribution in [0.1, 0.15) is 69.0 Å². The molecule has 35 heavy (non-hydrogen) atoms. The normalized spacial score (nSPS) is 13.1. The van der Waals surface area contributed by atoms with Gasteiger partial charge >= 0.3 is 0 Å². The van der Waals surface area contributed by atoms with Crippen LogP contribution in [0.5, 0.6) is 0 Å². The van der Waals surface area contributed by atoms with Crippen LogP contribution in [0.3, 0.4) is 0 Å². The lowest BCUT2D eigenvalue weighted by Gasteiger charge is -2.21. The van der Waals surface area contributed by atoms with Crippen LogP contribution in [0.25, 0.3) is 21.8 Å². The second-order valence-electron chi connectivity index (χ2n) is 9.84. The fourth-order valence-corrected chi connectivity index (χ4v) is 5.39. The molecule has 2 heterocycles. The van der Waals surface area contributed by atoms with Crippen LogP contribution >= 0.6 is 0 Å². The lowest BCUT2D eigenvalue weighted by Crippen LogP contribution is -2.12. The van der Waals surface area contributed by atoms with E-state index in [0.29, 0.717) is 0 Å². The first kappa shape index (κ1) is 23.6. The highest BCUT2D eigenvalue weighted by Crippen LogP contribution is 2.33. The molecule has 2 aromatic heterocycles. The van der Waals surface area contributed by atoms with Crippen molar-refractivity contribution in [2.75, 3.05) is 23.7 Å². The maximum Gasteiger partial charge on any atom is 0.0726 e.